The van der Waals surface area contributed by atoms with Gasteiger partial charge in [0.25, 0.3) is 0 Å². The molecule has 1 unspecified atom stereocenters. The van der Waals surface area contributed by atoms with Gasteiger partial charge in [0, 0.05) is 25.0 Å². The molecule has 2 heterocycles. The Morgan fingerprint density at radius 2 is 2.19 bits per heavy atom. The second-order valence-corrected chi connectivity index (χ2v) is 11.2. The maximum atomic E-state index is 14.9. The van der Waals surface area contributed by atoms with E-state index in [9.17, 15) is 22.4 Å². The van der Waals surface area contributed by atoms with Gasteiger partial charge < -0.3 is 15.0 Å². The van der Waals surface area contributed by atoms with Gasteiger partial charge in [-0.25, -0.2) is 12.8 Å². The van der Waals surface area contributed by atoms with Gasteiger partial charge in [0.2, 0.25) is 11.8 Å². The Labute approximate surface area is 170 Å². The van der Waals surface area contributed by atoms with Crippen LogP contribution in [0.1, 0.15) is 11.3 Å². The Balaban J connectivity index is 1.80. The van der Waals surface area contributed by atoms with E-state index in [0.29, 0.717) is 0 Å². The minimum Gasteiger partial charge on any atom is -0.384 e. The van der Waals surface area contributed by atoms with Crippen LogP contribution in [-0.2, 0) is 30.6 Å². The normalized spacial score (nSPS) is 20.0. The van der Waals surface area contributed by atoms with Crippen LogP contribution in [0.2, 0.25) is 0 Å². The van der Waals surface area contributed by atoms with Gasteiger partial charge in [0.05, 0.1) is 35.7 Å². The molecule has 2 rings (SSSR count). The second kappa shape index (κ2) is 9.44. The molecule has 0 aromatic carbocycles. The fraction of sp³-hybridized carbons (Fsp3) is 0.625. The summed E-state index contributed by atoms with van der Waals surface area (Å²) in [4.78, 5) is 26.4. The molecule has 7 nitrogen and oxygen atoms in total. The van der Waals surface area contributed by atoms with Gasteiger partial charge in [-0.3, -0.25) is 9.59 Å². The molecule has 2 amide bonds. The molecular formula is C16H22BrFN2O5S2. The van der Waals surface area contributed by atoms with Crippen molar-refractivity contribution in [1.29, 1.82) is 0 Å². The Kier molecular flexibility index (Phi) is 7.78. The number of sulfone groups is 1. The van der Waals surface area contributed by atoms with Gasteiger partial charge in [0.1, 0.15) is 11.4 Å². The minimum absolute atomic E-state index is 0.000541. The lowest BCUT2D eigenvalue weighted by atomic mass is 10.1. The van der Waals surface area contributed by atoms with Crippen molar-refractivity contribution in [3.8, 4) is 0 Å². The summed E-state index contributed by atoms with van der Waals surface area (Å²) in [6.45, 7) is -0.167. The summed E-state index contributed by atoms with van der Waals surface area (Å²) in [5.74, 6) is -1.89. The molecule has 0 aliphatic carbocycles. The average Bonchev–Trinajstić information content (AvgIpc) is 3.17. The number of nitrogens with one attached hydrogen (secondary N) is 1. The maximum absolute atomic E-state index is 14.9. The van der Waals surface area contributed by atoms with Crippen molar-refractivity contribution in [3.63, 3.8) is 0 Å². The van der Waals surface area contributed by atoms with Crippen molar-refractivity contribution in [3.05, 3.63) is 20.8 Å². The van der Waals surface area contributed by atoms with Gasteiger partial charge in [-0.15, -0.1) is 11.3 Å². The third-order valence-corrected chi connectivity index (χ3v) is 7.28. The van der Waals surface area contributed by atoms with Gasteiger partial charge in [0.15, 0.2) is 9.84 Å². The lowest BCUT2D eigenvalue weighted by molar-refractivity contribution is -0.129. The molecular weight excluding hydrogens is 463 g/mol. The van der Waals surface area contributed by atoms with Crippen LogP contribution in [-0.4, -0.2) is 75.7 Å². The first kappa shape index (κ1) is 22.3. The third-order valence-electron chi connectivity index (χ3n) is 4.16. The number of hydrogen-bond acceptors (Lipinski definition) is 6. The summed E-state index contributed by atoms with van der Waals surface area (Å²) >= 11 is 4.79. The molecule has 1 aliphatic rings. The van der Waals surface area contributed by atoms with E-state index in [1.165, 1.54) is 23.3 Å². The number of halogens is 2. The van der Waals surface area contributed by atoms with Crippen LogP contribution < -0.4 is 5.32 Å². The number of methoxy groups -OCH3 is 1. The summed E-state index contributed by atoms with van der Waals surface area (Å²) < 4.78 is 43.9. The molecule has 1 aromatic rings. The highest BCUT2D eigenvalue weighted by Crippen LogP contribution is 2.27. The Bertz CT molecular complexity index is 786. The highest BCUT2D eigenvalue weighted by Gasteiger charge is 2.40. The Morgan fingerprint density at radius 1 is 1.44 bits per heavy atom. The van der Waals surface area contributed by atoms with Crippen LogP contribution in [0.25, 0.3) is 0 Å². The summed E-state index contributed by atoms with van der Waals surface area (Å²) in [5.41, 5.74) is -1.75. The third kappa shape index (κ3) is 7.13. The standard InChI is InChI=1S/C16H22BrFN2O5S2/c1-25-6-7-27(23,24)9-14(21)19-10-16(18)4-5-20(11-16)15(22)8-12-2-3-13(17)26-12/h2-3H,4-11H2,1H3,(H,19,21). The summed E-state index contributed by atoms with van der Waals surface area (Å²) in [7, 11) is -2.22. The number of ether oxygens (including phenoxy) is 1. The van der Waals surface area contributed by atoms with Crippen LogP contribution in [0.4, 0.5) is 4.39 Å². The van der Waals surface area contributed by atoms with Crippen LogP contribution in [0.5, 0.6) is 0 Å². The molecule has 0 radical (unpaired) electrons. The van der Waals surface area contributed by atoms with E-state index in [4.69, 9.17) is 0 Å². The van der Waals surface area contributed by atoms with Crippen molar-refractivity contribution in [2.24, 2.45) is 0 Å². The smallest absolute Gasteiger partial charge is 0.235 e. The molecule has 0 bridgehead atoms. The number of carbonyl (C=O) groups excluding carboxylic acids is 2. The van der Waals surface area contributed by atoms with E-state index in [-0.39, 0.29) is 50.7 Å². The summed E-state index contributed by atoms with van der Waals surface area (Å²) in [6, 6.07) is 3.70. The molecule has 1 fully saturated rings. The lowest BCUT2D eigenvalue weighted by Gasteiger charge is -2.21. The highest BCUT2D eigenvalue weighted by atomic mass is 79.9. The van der Waals surface area contributed by atoms with Crippen molar-refractivity contribution in [2.75, 3.05) is 44.9 Å². The quantitative estimate of drug-likeness (QED) is 0.567. The molecule has 27 heavy (non-hydrogen) atoms. The van der Waals surface area contributed by atoms with Gasteiger partial charge >= 0.3 is 0 Å². The Morgan fingerprint density at radius 3 is 2.81 bits per heavy atom. The van der Waals surface area contributed by atoms with Gasteiger partial charge in [-0.05, 0) is 28.1 Å². The number of nitrogens with zero attached hydrogens (tertiary/aromatic N) is 1. The van der Waals surface area contributed by atoms with Crippen molar-refractivity contribution < 1.29 is 27.1 Å². The largest absolute Gasteiger partial charge is 0.384 e. The topological polar surface area (TPSA) is 92.8 Å². The zero-order valence-electron chi connectivity index (χ0n) is 14.9. The van der Waals surface area contributed by atoms with Crippen LogP contribution in [0.15, 0.2) is 15.9 Å². The van der Waals surface area contributed by atoms with E-state index in [2.05, 4.69) is 26.0 Å². The van der Waals surface area contributed by atoms with Crippen molar-refractivity contribution in [1.82, 2.24) is 10.2 Å². The van der Waals surface area contributed by atoms with Crippen LogP contribution in [0.3, 0.4) is 0 Å². The van der Waals surface area contributed by atoms with E-state index in [0.717, 1.165) is 8.66 Å². The number of alkyl halides is 1. The SMILES string of the molecule is COCCS(=O)(=O)CC(=O)NCC1(F)CCN(C(=O)Cc2ccc(Br)s2)C1. The first-order chi connectivity index (χ1) is 12.6. The fourth-order valence-corrected chi connectivity index (χ4v) is 5.23. The lowest BCUT2D eigenvalue weighted by Crippen LogP contribution is -2.44. The van der Waals surface area contributed by atoms with Crippen molar-refractivity contribution >= 4 is 48.9 Å². The number of amides is 2. The fourth-order valence-electron chi connectivity index (χ4n) is 2.69. The first-order valence-electron chi connectivity index (χ1n) is 8.29. The summed E-state index contributed by atoms with van der Waals surface area (Å²) in [6.07, 6.45) is 0.306. The first-order valence-corrected chi connectivity index (χ1v) is 11.7. The zero-order chi connectivity index (χ0) is 20.1. The predicted molar refractivity (Wildman–Crippen MR) is 104 cm³/mol. The zero-order valence-corrected chi connectivity index (χ0v) is 18.1. The highest BCUT2D eigenvalue weighted by molar-refractivity contribution is 9.11. The number of hydrogen-bond donors (Lipinski definition) is 1. The molecule has 1 N–H and O–H groups in total. The second-order valence-electron chi connectivity index (χ2n) is 6.46. The number of thiophene rings is 1. The molecule has 11 heteroatoms. The van der Waals surface area contributed by atoms with Crippen molar-refractivity contribution in [2.45, 2.75) is 18.5 Å². The monoisotopic (exact) mass is 484 g/mol. The van der Waals surface area contributed by atoms with Gasteiger partial charge in [-0.1, -0.05) is 0 Å². The Hall–Kier alpha value is -1.04. The predicted octanol–water partition coefficient (Wildman–Crippen LogP) is 1.17. The van der Waals surface area contributed by atoms with E-state index >= 15 is 0 Å². The molecule has 1 saturated heterocycles. The molecule has 152 valence electrons. The van der Waals surface area contributed by atoms with E-state index in [1.807, 2.05) is 12.1 Å². The number of carbonyl (C=O) groups is 2. The van der Waals surface area contributed by atoms with Crippen LogP contribution >= 0.6 is 27.3 Å². The summed E-state index contributed by atoms with van der Waals surface area (Å²) in [5, 5.41) is 2.33. The minimum atomic E-state index is -3.59. The molecule has 0 spiro atoms. The van der Waals surface area contributed by atoms with E-state index in [1.54, 1.807) is 0 Å². The number of likely N-dealkylation sites (tertiary alicyclic amines) is 1. The molecule has 0 saturated carbocycles. The van der Waals surface area contributed by atoms with E-state index < -0.39 is 27.2 Å². The number of rotatable bonds is 9. The average molecular weight is 485 g/mol. The molecule has 1 aliphatic heterocycles. The molecule has 1 atom stereocenters. The van der Waals surface area contributed by atoms with Crippen LogP contribution in [0, 0.1) is 0 Å². The van der Waals surface area contributed by atoms with Gasteiger partial charge in [-0.2, -0.15) is 0 Å². The molecule has 1 aromatic heterocycles. The maximum Gasteiger partial charge on any atom is 0.235 e.